The largest absolute Gasteiger partial charge is 0.0622 e. The van der Waals surface area contributed by atoms with Crippen molar-refractivity contribution in [1.29, 1.82) is 0 Å². The van der Waals surface area contributed by atoms with Gasteiger partial charge in [-0.3, -0.25) is 0 Å². The molecule has 0 bridgehead atoms. The molecule has 0 atom stereocenters. The molecular weight excluding hydrogens is 590 g/mol. The van der Waals surface area contributed by atoms with Gasteiger partial charge in [-0.25, -0.2) is 0 Å². The zero-order valence-corrected chi connectivity index (χ0v) is 27.5. The Balaban J connectivity index is 1.62. The molecule has 0 spiro atoms. The quantitative estimate of drug-likeness (QED) is 0.150. The maximum atomic E-state index is 2.61. The fourth-order valence-corrected chi connectivity index (χ4v) is 14.3. The maximum Gasteiger partial charge on any atom is -0.0160 e. The molecule has 0 N–H and O–H groups in total. The minimum absolute atomic E-state index is 1.25. The standard InChI is InChI=1S/C44H36P2/c1-7-23-39(24-8-1)45(40-25-9-2-10-26-40,41-27-11-3-12-28-41)35-37-21-19-20-22-38(37)36-46(42-29-13-4-14-30-42,43-31-15-5-16-32-43)44-33-17-6-18-34-44/h1-36H. The molecule has 2 heteroatoms. The van der Waals surface area contributed by atoms with Crippen molar-refractivity contribution in [1.82, 2.24) is 0 Å². The van der Waals surface area contributed by atoms with E-state index < -0.39 is 13.8 Å². The molecule has 0 saturated heterocycles. The van der Waals surface area contributed by atoms with Gasteiger partial charge in [-0.2, -0.15) is 0 Å². The summed E-state index contributed by atoms with van der Waals surface area (Å²) >= 11 is 0. The first-order chi connectivity index (χ1) is 22.8. The molecule has 7 aromatic carbocycles. The third-order valence-corrected chi connectivity index (χ3v) is 16.6. The molecule has 7 rings (SSSR count). The summed E-state index contributed by atoms with van der Waals surface area (Å²) in [5, 5.41) is 8.07. The highest BCUT2D eigenvalue weighted by Crippen LogP contribution is 2.47. The summed E-state index contributed by atoms with van der Waals surface area (Å²) in [7, 11) is 0. The Morgan fingerprint density at radius 3 is 0.587 bits per heavy atom. The fraction of sp³-hybridized carbons (Fsp3) is 0. The normalized spacial score (nSPS) is 11.5. The summed E-state index contributed by atoms with van der Waals surface area (Å²) < 4.78 is 0. The van der Waals surface area contributed by atoms with Crippen LogP contribution < -0.4 is 31.8 Å². The van der Waals surface area contributed by atoms with Crippen molar-refractivity contribution in [2.45, 2.75) is 0 Å². The number of rotatable bonds is 8. The van der Waals surface area contributed by atoms with Crippen LogP contribution in [0.4, 0.5) is 0 Å². The zero-order valence-electron chi connectivity index (χ0n) is 25.7. The van der Waals surface area contributed by atoms with Gasteiger partial charge in [0.05, 0.1) is 0 Å². The van der Waals surface area contributed by atoms with Crippen LogP contribution in [-0.2, 0) is 0 Å². The Kier molecular flexibility index (Phi) is 8.85. The summed E-state index contributed by atoms with van der Waals surface area (Å²) in [5.41, 5.74) is 2.50. The summed E-state index contributed by atoms with van der Waals surface area (Å²) in [6, 6.07) is 75.6. The predicted octanol–water partition coefficient (Wildman–Crippen LogP) is 7.98. The topological polar surface area (TPSA) is 0 Å². The van der Waals surface area contributed by atoms with Crippen LogP contribution in [0.3, 0.4) is 0 Å². The average molecular weight is 627 g/mol. The summed E-state index contributed by atoms with van der Waals surface area (Å²) in [6.45, 7) is -4.43. The summed E-state index contributed by atoms with van der Waals surface area (Å²) in [6.07, 6.45) is 0. The van der Waals surface area contributed by atoms with Crippen molar-refractivity contribution in [2.24, 2.45) is 0 Å². The van der Waals surface area contributed by atoms with Gasteiger partial charge in [0, 0.05) is 0 Å². The van der Waals surface area contributed by atoms with Crippen LogP contribution in [0.5, 0.6) is 0 Å². The molecule has 46 heavy (non-hydrogen) atoms. The van der Waals surface area contributed by atoms with Crippen LogP contribution in [0.2, 0.25) is 0 Å². The first kappa shape index (κ1) is 29.8. The molecule has 0 saturated carbocycles. The molecule has 222 valence electrons. The minimum Gasteiger partial charge on any atom is -0.0622 e. The van der Waals surface area contributed by atoms with Crippen LogP contribution in [0.1, 0.15) is 11.1 Å². The first-order valence-electron chi connectivity index (χ1n) is 15.7. The molecule has 0 radical (unpaired) electrons. The van der Waals surface area contributed by atoms with Gasteiger partial charge in [0.15, 0.2) is 0 Å². The number of benzene rings is 7. The molecule has 0 nitrogen and oxygen atoms in total. The van der Waals surface area contributed by atoms with Crippen molar-refractivity contribution >= 4 is 57.2 Å². The van der Waals surface area contributed by atoms with Gasteiger partial charge in [0.25, 0.3) is 0 Å². The molecule has 0 fully saturated rings. The third-order valence-electron chi connectivity index (χ3n) is 8.64. The highest BCUT2D eigenvalue weighted by Gasteiger charge is 2.28. The Morgan fingerprint density at radius 1 is 0.217 bits per heavy atom. The lowest BCUT2D eigenvalue weighted by Crippen LogP contribution is -2.28. The molecule has 0 amide bonds. The van der Waals surface area contributed by atoms with E-state index in [4.69, 9.17) is 0 Å². The average Bonchev–Trinajstić information content (AvgIpc) is 3.15. The predicted molar refractivity (Wildman–Crippen MR) is 207 cm³/mol. The summed E-state index contributed by atoms with van der Waals surface area (Å²) in [4.78, 5) is 0. The Hall–Kier alpha value is -4.86. The number of hydrogen-bond donors (Lipinski definition) is 0. The van der Waals surface area contributed by atoms with Crippen LogP contribution in [0, 0.1) is 0 Å². The van der Waals surface area contributed by atoms with Crippen molar-refractivity contribution in [3.05, 3.63) is 217 Å². The lowest BCUT2D eigenvalue weighted by Gasteiger charge is -2.30. The van der Waals surface area contributed by atoms with Crippen LogP contribution >= 0.6 is 13.8 Å². The smallest absolute Gasteiger partial charge is 0.0160 e. The fourth-order valence-electron chi connectivity index (χ4n) is 6.48. The molecule has 0 aliphatic heterocycles. The van der Waals surface area contributed by atoms with E-state index in [0.717, 1.165) is 0 Å². The maximum absolute atomic E-state index is 2.61. The Bertz CT molecular complexity index is 1760. The molecule has 0 aliphatic carbocycles. The molecular formula is C44H36P2. The van der Waals surface area contributed by atoms with Crippen LogP contribution in [-0.4, -0.2) is 11.6 Å². The van der Waals surface area contributed by atoms with E-state index in [0.29, 0.717) is 0 Å². The Morgan fingerprint density at radius 2 is 0.391 bits per heavy atom. The van der Waals surface area contributed by atoms with E-state index in [1.165, 1.54) is 43.0 Å². The highest BCUT2D eigenvalue weighted by molar-refractivity contribution is 7.95. The van der Waals surface area contributed by atoms with Gasteiger partial charge in [-0.05, 0) is 68.3 Å². The van der Waals surface area contributed by atoms with Gasteiger partial charge >= 0.3 is 0 Å². The van der Waals surface area contributed by atoms with Crippen molar-refractivity contribution in [3.63, 3.8) is 0 Å². The monoisotopic (exact) mass is 626 g/mol. The molecule has 0 unspecified atom stereocenters. The van der Waals surface area contributed by atoms with E-state index >= 15 is 0 Å². The molecule has 0 heterocycles. The van der Waals surface area contributed by atoms with E-state index in [9.17, 15) is 0 Å². The Labute approximate surface area is 273 Å². The lowest BCUT2D eigenvalue weighted by atomic mass is 10.1. The van der Waals surface area contributed by atoms with Crippen LogP contribution in [0.15, 0.2) is 206 Å². The van der Waals surface area contributed by atoms with Gasteiger partial charge in [-0.15, -0.1) is 0 Å². The van der Waals surface area contributed by atoms with E-state index in [1.54, 1.807) is 0 Å². The molecule has 0 aromatic heterocycles. The zero-order chi connectivity index (χ0) is 31.1. The van der Waals surface area contributed by atoms with E-state index in [2.05, 4.69) is 218 Å². The van der Waals surface area contributed by atoms with E-state index in [-0.39, 0.29) is 0 Å². The second kappa shape index (κ2) is 13.6. The lowest BCUT2D eigenvalue weighted by molar-refractivity contribution is 1.66. The van der Waals surface area contributed by atoms with E-state index in [1.807, 2.05) is 0 Å². The minimum atomic E-state index is -2.22. The van der Waals surface area contributed by atoms with Gasteiger partial charge in [0.1, 0.15) is 0 Å². The van der Waals surface area contributed by atoms with Crippen molar-refractivity contribution < 1.29 is 0 Å². The molecule has 0 aliphatic rings. The van der Waals surface area contributed by atoms with Gasteiger partial charge < -0.3 is 0 Å². The second-order valence-electron chi connectivity index (χ2n) is 11.3. The highest BCUT2D eigenvalue weighted by atomic mass is 31.2. The first-order valence-corrected chi connectivity index (χ1v) is 19.4. The SMILES string of the molecule is C(c1ccccc1C=P(c1ccccc1)(c1ccccc1)c1ccccc1)=P(c1ccccc1)(c1ccccc1)c1ccccc1. The molecule has 7 aromatic rings. The summed E-state index contributed by atoms with van der Waals surface area (Å²) in [5.74, 6) is 5.21. The van der Waals surface area contributed by atoms with Gasteiger partial charge in [-0.1, -0.05) is 206 Å². The third kappa shape index (κ3) is 5.68. The second-order valence-corrected chi connectivity index (χ2v) is 17.9. The van der Waals surface area contributed by atoms with Crippen molar-refractivity contribution in [3.8, 4) is 0 Å². The van der Waals surface area contributed by atoms with Crippen molar-refractivity contribution in [2.75, 3.05) is 0 Å². The van der Waals surface area contributed by atoms with Crippen LogP contribution in [0.25, 0.3) is 0 Å². The van der Waals surface area contributed by atoms with Gasteiger partial charge in [0.2, 0.25) is 0 Å². The number of hydrogen-bond acceptors (Lipinski definition) is 0.